The van der Waals surface area contributed by atoms with Gasteiger partial charge in [0.15, 0.2) is 16.6 Å². The molecule has 3 aromatic carbocycles. The van der Waals surface area contributed by atoms with E-state index in [1.54, 1.807) is 30.3 Å². The highest BCUT2D eigenvalue weighted by atomic mass is 32.1. The highest BCUT2D eigenvalue weighted by Gasteiger charge is 2.48. The molecule has 0 aliphatic carbocycles. The van der Waals surface area contributed by atoms with Crippen molar-refractivity contribution in [3.63, 3.8) is 0 Å². The van der Waals surface area contributed by atoms with Gasteiger partial charge in [-0.25, -0.2) is 4.98 Å². The molecule has 0 spiro atoms. The van der Waals surface area contributed by atoms with Gasteiger partial charge in [0, 0.05) is 12.0 Å². The molecule has 8 nitrogen and oxygen atoms in total. The second-order valence-electron chi connectivity index (χ2n) is 9.94. The van der Waals surface area contributed by atoms with Crippen LogP contribution < -0.4 is 19.1 Å². The highest BCUT2D eigenvalue weighted by Crippen LogP contribution is 2.46. The van der Waals surface area contributed by atoms with Crippen LogP contribution in [0.2, 0.25) is 0 Å². The monoisotopic (exact) mass is 556 g/mol. The summed E-state index contributed by atoms with van der Waals surface area (Å²) < 4.78 is 18.0. The second-order valence-corrected chi connectivity index (χ2v) is 10.9. The molecule has 0 bridgehead atoms. The van der Waals surface area contributed by atoms with Gasteiger partial charge in [0.25, 0.3) is 5.78 Å². The van der Waals surface area contributed by atoms with Crippen LogP contribution in [0.1, 0.15) is 42.1 Å². The normalized spacial score (nSPS) is 19.6. The number of fused-ring (bicyclic) bond motifs is 2. The van der Waals surface area contributed by atoms with Gasteiger partial charge < -0.3 is 19.3 Å². The van der Waals surface area contributed by atoms with Crippen molar-refractivity contribution in [3.05, 3.63) is 82.4 Å². The number of aliphatic hydroxyl groups excluding tert-OH is 1. The average Bonchev–Trinajstić information content (AvgIpc) is 3.60. The maximum absolute atomic E-state index is 13.7. The lowest BCUT2D eigenvalue weighted by Gasteiger charge is -2.24. The largest absolute Gasteiger partial charge is 0.507 e. The Balaban J connectivity index is 1.55. The van der Waals surface area contributed by atoms with Crippen LogP contribution in [0.25, 0.3) is 16.0 Å². The minimum atomic E-state index is -0.935. The first-order valence-electron chi connectivity index (χ1n) is 13.1. The lowest BCUT2D eigenvalue weighted by molar-refractivity contribution is -0.132. The molecule has 2 atom stereocenters. The Morgan fingerprint density at radius 2 is 1.95 bits per heavy atom. The van der Waals surface area contributed by atoms with Crippen molar-refractivity contribution < 1.29 is 28.9 Å². The quantitative estimate of drug-likeness (QED) is 0.178. The molecule has 204 valence electrons. The lowest BCUT2D eigenvalue weighted by Crippen LogP contribution is -2.29. The van der Waals surface area contributed by atoms with Gasteiger partial charge in [0.1, 0.15) is 17.6 Å². The fourth-order valence-corrected chi connectivity index (χ4v) is 6.41. The summed E-state index contributed by atoms with van der Waals surface area (Å²) in [6, 6.07) is 15.5. The number of aryl methyl sites for hydroxylation is 1. The minimum Gasteiger partial charge on any atom is -0.507 e. The SMILES string of the molecule is CCOc1ccc([C@H]2/C(=C(\O)c3ccc4c(c3)C[C@@H](C)O4)C(=O)C(=O)N2c2nc3ccc(C)cc3s2)cc1OC. The molecule has 0 radical (unpaired) electrons. The summed E-state index contributed by atoms with van der Waals surface area (Å²) in [4.78, 5) is 33.4. The Labute approximate surface area is 235 Å². The maximum Gasteiger partial charge on any atom is 0.301 e. The van der Waals surface area contributed by atoms with Gasteiger partial charge in [-0.1, -0.05) is 23.5 Å². The summed E-state index contributed by atoms with van der Waals surface area (Å²) in [6.45, 7) is 6.28. The summed E-state index contributed by atoms with van der Waals surface area (Å²) >= 11 is 1.33. The number of thiazole rings is 1. The van der Waals surface area contributed by atoms with E-state index in [2.05, 4.69) is 0 Å². The van der Waals surface area contributed by atoms with E-state index in [1.165, 1.54) is 23.3 Å². The number of Topliss-reactive ketones (excluding diaryl/α,β-unsaturated/α-hetero) is 1. The Bertz CT molecular complexity index is 1710. The van der Waals surface area contributed by atoms with Crippen LogP contribution in [0.5, 0.6) is 17.2 Å². The van der Waals surface area contributed by atoms with Gasteiger partial charge in [-0.15, -0.1) is 0 Å². The predicted molar refractivity (Wildman–Crippen MR) is 154 cm³/mol. The molecule has 9 heteroatoms. The molecule has 0 saturated carbocycles. The zero-order valence-corrected chi connectivity index (χ0v) is 23.4. The summed E-state index contributed by atoms with van der Waals surface area (Å²) in [7, 11) is 1.53. The number of carbonyl (C=O) groups excluding carboxylic acids is 2. The second kappa shape index (κ2) is 9.98. The number of hydrogen-bond donors (Lipinski definition) is 1. The smallest absolute Gasteiger partial charge is 0.301 e. The van der Waals surface area contributed by atoms with Crippen LogP contribution in [-0.4, -0.2) is 41.6 Å². The first kappa shape index (κ1) is 25.9. The maximum atomic E-state index is 13.7. The summed E-state index contributed by atoms with van der Waals surface area (Å²) in [5.74, 6) is -0.0493. The number of aromatic nitrogens is 1. The van der Waals surface area contributed by atoms with E-state index in [0.29, 0.717) is 40.8 Å². The van der Waals surface area contributed by atoms with Gasteiger partial charge in [0.2, 0.25) is 0 Å². The van der Waals surface area contributed by atoms with E-state index in [0.717, 1.165) is 27.1 Å². The molecule has 0 unspecified atom stereocenters. The first-order valence-corrected chi connectivity index (χ1v) is 13.9. The van der Waals surface area contributed by atoms with E-state index < -0.39 is 17.7 Å². The van der Waals surface area contributed by atoms with E-state index in [4.69, 9.17) is 19.2 Å². The summed E-state index contributed by atoms with van der Waals surface area (Å²) in [5.41, 5.74) is 3.73. The van der Waals surface area contributed by atoms with Crippen LogP contribution in [0.15, 0.2) is 60.2 Å². The molecule has 1 saturated heterocycles. The van der Waals surface area contributed by atoms with Crippen molar-refractivity contribution in [3.8, 4) is 17.2 Å². The van der Waals surface area contributed by atoms with Gasteiger partial charge in [-0.05, 0) is 79.9 Å². The standard InChI is InChI=1S/C31H28N2O6S/c1-5-38-23-11-7-18(15-24(23)37-4)27-26(28(34)19-8-10-22-20(14-19)13-17(3)39-22)29(35)30(36)33(27)31-32-21-9-6-16(2)12-25(21)40-31/h6-12,14-15,17,27,34H,5,13H2,1-4H3/b28-26+/t17-,27+/m1/s1. The zero-order valence-electron chi connectivity index (χ0n) is 22.6. The van der Waals surface area contributed by atoms with Crippen molar-refractivity contribution >= 4 is 44.1 Å². The molecular weight excluding hydrogens is 528 g/mol. The third-order valence-electron chi connectivity index (χ3n) is 7.16. The van der Waals surface area contributed by atoms with Gasteiger partial charge in [-0.2, -0.15) is 0 Å². The van der Waals surface area contributed by atoms with Crippen LogP contribution in [-0.2, 0) is 16.0 Å². The number of nitrogens with zero attached hydrogens (tertiary/aromatic N) is 2. The molecule has 40 heavy (non-hydrogen) atoms. The molecule has 2 aliphatic rings. The lowest BCUT2D eigenvalue weighted by atomic mass is 9.94. The van der Waals surface area contributed by atoms with Gasteiger partial charge in [0.05, 0.1) is 35.5 Å². The number of benzene rings is 3. The first-order chi connectivity index (χ1) is 19.3. The molecule has 1 aromatic heterocycles. The minimum absolute atomic E-state index is 0.0152. The third-order valence-corrected chi connectivity index (χ3v) is 8.17. The van der Waals surface area contributed by atoms with Gasteiger partial charge >= 0.3 is 5.91 Å². The number of aliphatic hydroxyl groups is 1. The van der Waals surface area contributed by atoms with E-state index in [-0.39, 0.29) is 17.4 Å². The Morgan fingerprint density at radius 3 is 2.73 bits per heavy atom. The molecular formula is C31H28N2O6S. The van der Waals surface area contributed by atoms with Gasteiger partial charge in [-0.3, -0.25) is 14.5 Å². The van der Waals surface area contributed by atoms with Crippen LogP contribution in [0, 0.1) is 6.92 Å². The van der Waals surface area contributed by atoms with Crippen LogP contribution >= 0.6 is 11.3 Å². The zero-order chi connectivity index (χ0) is 28.1. The van der Waals surface area contributed by atoms with Crippen molar-refractivity contribution in [2.75, 3.05) is 18.6 Å². The van der Waals surface area contributed by atoms with Crippen LogP contribution in [0.4, 0.5) is 5.13 Å². The molecule has 4 aromatic rings. The van der Waals surface area contributed by atoms with Crippen molar-refractivity contribution in [2.24, 2.45) is 0 Å². The number of amides is 1. The molecule has 2 aliphatic heterocycles. The number of hydrogen-bond acceptors (Lipinski definition) is 8. The van der Waals surface area contributed by atoms with Crippen LogP contribution in [0.3, 0.4) is 0 Å². The Morgan fingerprint density at radius 1 is 1.12 bits per heavy atom. The number of methoxy groups -OCH3 is 1. The number of rotatable bonds is 6. The van der Waals surface area contributed by atoms with E-state index >= 15 is 0 Å². The number of anilines is 1. The molecule has 1 N–H and O–H groups in total. The predicted octanol–water partition coefficient (Wildman–Crippen LogP) is 5.96. The van der Waals surface area contributed by atoms with Crippen molar-refractivity contribution in [1.82, 2.24) is 4.98 Å². The summed E-state index contributed by atoms with van der Waals surface area (Å²) in [5, 5.41) is 12.0. The van der Waals surface area contributed by atoms with E-state index in [1.807, 2.05) is 45.0 Å². The molecule has 1 fully saturated rings. The average molecular weight is 557 g/mol. The van der Waals surface area contributed by atoms with Crippen molar-refractivity contribution in [1.29, 1.82) is 0 Å². The summed E-state index contributed by atoms with van der Waals surface area (Å²) in [6.07, 6.45) is 0.715. The number of ether oxygens (including phenoxy) is 3. The Kier molecular flexibility index (Phi) is 6.46. The van der Waals surface area contributed by atoms with Crippen molar-refractivity contribution in [2.45, 2.75) is 39.3 Å². The van der Waals surface area contributed by atoms with E-state index in [9.17, 15) is 14.7 Å². The fraction of sp³-hybridized carbons (Fsp3) is 0.258. The number of ketones is 1. The Hall–Kier alpha value is -4.37. The number of carbonyl (C=O) groups is 2. The topological polar surface area (TPSA) is 98.2 Å². The molecule has 1 amide bonds. The highest BCUT2D eigenvalue weighted by molar-refractivity contribution is 7.22. The molecule has 3 heterocycles. The third kappa shape index (κ3) is 4.26. The fourth-order valence-electron chi connectivity index (χ4n) is 5.32. The molecule has 6 rings (SSSR count).